The number of unbranched alkanes of at least 4 members (excludes halogenated alkanes) is 2. The summed E-state index contributed by atoms with van der Waals surface area (Å²) in [5.74, 6) is 2.52. The number of amides is 2. The van der Waals surface area contributed by atoms with Gasteiger partial charge in [0.05, 0.1) is 10.4 Å². The number of hydrogen-bond donors (Lipinski definition) is 0. The minimum atomic E-state index is -0.170. The highest BCUT2D eigenvalue weighted by Gasteiger charge is 2.52. The minimum Gasteiger partial charge on any atom is -0.459 e. The average Bonchev–Trinajstić information content (AvgIpc) is 3.83. The van der Waals surface area contributed by atoms with Crippen molar-refractivity contribution in [2.45, 2.75) is 137 Å². The van der Waals surface area contributed by atoms with Crippen molar-refractivity contribution in [1.82, 2.24) is 4.90 Å². The Morgan fingerprint density at radius 3 is 2.13 bits per heavy atom. The third kappa shape index (κ3) is 5.60. The maximum absolute atomic E-state index is 14.0. The monoisotopic (exact) mass is 647 g/mol. The highest BCUT2D eigenvalue weighted by Crippen LogP contribution is 2.64. The first-order valence-electron chi connectivity index (χ1n) is 18.0. The number of aryl methyl sites for hydroxylation is 2. The van der Waals surface area contributed by atoms with Crippen LogP contribution in [0.2, 0.25) is 0 Å². The largest absolute Gasteiger partial charge is 0.459 e. The summed E-state index contributed by atoms with van der Waals surface area (Å²) < 4.78 is 6.40. The summed E-state index contributed by atoms with van der Waals surface area (Å²) in [6.07, 6.45) is 17.1. The Morgan fingerprint density at radius 1 is 0.844 bits per heavy atom. The van der Waals surface area contributed by atoms with Crippen LogP contribution in [-0.4, -0.2) is 23.3 Å². The lowest BCUT2D eigenvalue weighted by molar-refractivity contribution is 0.0621. The molecule has 1 aliphatic heterocycles. The number of rotatable bonds is 14. The second-order valence-corrected chi connectivity index (χ2v) is 16.6. The number of fused-ring (bicyclic) bond motifs is 4. The van der Waals surface area contributed by atoms with Gasteiger partial charge in [0.1, 0.15) is 11.3 Å². The lowest BCUT2D eigenvalue weighted by Gasteiger charge is -2.43. The lowest BCUT2D eigenvalue weighted by Crippen LogP contribution is -2.38. The third-order valence-corrected chi connectivity index (χ3v) is 13.8. The van der Waals surface area contributed by atoms with E-state index in [4.69, 9.17) is 4.42 Å². The quantitative estimate of drug-likeness (QED) is 0.164. The summed E-state index contributed by atoms with van der Waals surface area (Å²) in [5.41, 5.74) is 4.07. The predicted molar refractivity (Wildman–Crippen MR) is 189 cm³/mol. The van der Waals surface area contributed by atoms with Crippen molar-refractivity contribution in [3.05, 3.63) is 45.0 Å². The predicted octanol–water partition coefficient (Wildman–Crippen LogP) is 12.0. The number of hydrogen-bond acceptors (Lipinski definition) is 5. The molecule has 0 saturated heterocycles. The molecule has 3 aromatic rings. The number of thiophene rings is 2. The molecule has 1 saturated carbocycles. The zero-order valence-electron chi connectivity index (χ0n) is 28.5. The Bertz CT molecular complexity index is 1540. The molecule has 244 valence electrons. The van der Waals surface area contributed by atoms with Crippen molar-refractivity contribution in [1.29, 1.82) is 0 Å². The molecule has 2 aliphatic carbocycles. The summed E-state index contributed by atoms with van der Waals surface area (Å²) in [5, 5.41) is 0. The molecule has 0 spiro atoms. The Hall–Kier alpha value is -2.18. The van der Waals surface area contributed by atoms with E-state index in [2.05, 4.69) is 46.8 Å². The van der Waals surface area contributed by atoms with E-state index < -0.39 is 0 Å². The van der Waals surface area contributed by atoms with Crippen LogP contribution < -0.4 is 0 Å². The van der Waals surface area contributed by atoms with E-state index in [1.807, 2.05) is 18.3 Å². The fourth-order valence-electron chi connectivity index (χ4n) is 8.87. The molecule has 6 rings (SSSR count). The van der Waals surface area contributed by atoms with Crippen molar-refractivity contribution < 1.29 is 14.0 Å². The summed E-state index contributed by atoms with van der Waals surface area (Å²) >= 11 is 3.74. The van der Waals surface area contributed by atoms with Crippen LogP contribution in [0.15, 0.2) is 16.5 Å². The highest BCUT2D eigenvalue weighted by molar-refractivity contribution is 7.24. The fraction of sp³-hybridized carbons (Fsp3) is 0.641. The van der Waals surface area contributed by atoms with Crippen LogP contribution in [0, 0.1) is 31.6 Å². The second-order valence-electron chi connectivity index (χ2n) is 14.3. The minimum absolute atomic E-state index is 0.0172. The van der Waals surface area contributed by atoms with Gasteiger partial charge in [0, 0.05) is 26.6 Å². The van der Waals surface area contributed by atoms with Crippen molar-refractivity contribution in [2.75, 3.05) is 6.54 Å². The van der Waals surface area contributed by atoms with E-state index in [0.29, 0.717) is 46.9 Å². The van der Waals surface area contributed by atoms with E-state index in [-0.39, 0.29) is 17.2 Å². The molecule has 6 heteroatoms. The zero-order chi connectivity index (χ0) is 31.9. The molecule has 4 heterocycles. The van der Waals surface area contributed by atoms with Crippen molar-refractivity contribution >= 4 is 34.5 Å². The van der Waals surface area contributed by atoms with Crippen molar-refractivity contribution in [3.63, 3.8) is 0 Å². The lowest BCUT2D eigenvalue weighted by atomic mass is 9.60. The Labute approximate surface area is 279 Å². The SMILES string of the molecule is CCCCC(CC)CN1C(=O)c2c(C)oc(-c3cc4c(s3)-c3sc(C)cc3C4(CC(CC)CCCC)C3CCCCC3)c2C1=O. The number of furan rings is 1. The fourth-order valence-corrected chi connectivity index (χ4v) is 11.4. The molecule has 3 aromatic heterocycles. The zero-order valence-corrected chi connectivity index (χ0v) is 30.1. The van der Waals surface area contributed by atoms with E-state index in [9.17, 15) is 9.59 Å². The van der Waals surface area contributed by atoms with Gasteiger partial charge in [-0.1, -0.05) is 91.9 Å². The van der Waals surface area contributed by atoms with Gasteiger partial charge in [-0.25, -0.2) is 0 Å². The van der Waals surface area contributed by atoms with Crippen LogP contribution in [0.25, 0.3) is 20.4 Å². The summed E-state index contributed by atoms with van der Waals surface area (Å²) in [7, 11) is 0. The number of carbonyl (C=O) groups excluding carboxylic acids is 2. The van der Waals surface area contributed by atoms with Crippen molar-refractivity contribution in [2.24, 2.45) is 17.8 Å². The summed E-state index contributed by atoms with van der Waals surface area (Å²) in [6, 6.07) is 4.92. The molecule has 3 atom stereocenters. The van der Waals surface area contributed by atoms with Gasteiger partial charge < -0.3 is 4.42 Å². The maximum atomic E-state index is 14.0. The van der Waals surface area contributed by atoms with Crippen molar-refractivity contribution in [3.8, 4) is 20.4 Å². The molecule has 2 amide bonds. The van der Waals surface area contributed by atoms with Crippen LogP contribution in [0.3, 0.4) is 0 Å². The van der Waals surface area contributed by atoms with Gasteiger partial charge in [0.2, 0.25) is 0 Å². The Morgan fingerprint density at radius 2 is 1.47 bits per heavy atom. The molecule has 4 nitrogen and oxygen atoms in total. The molecular formula is C39H53NO3S2. The molecule has 0 bridgehead atoms. The smallest absolute Gasteiger partial charge is 0.265 e. The molecule has 0 aromatic carbocycles. The van der Waals surface area contributed by atoms with Crippen LogP contribution in [0.5, 0.6) is 0 Å². The molecule has 0 N–H and O–H groups in total. The average molecular weight is 648 g/mol. The van der Waals surface area contributed by atoms with Gasteiger partial charge in [-0.3, -0.25) is 14.5 Å². The van der Waals surface area contributed by atoms with Gasteiger partial charge in [0.25, 0.3) is 11.8 Å². The van der Waals surface area contributed by atoms with E-state index >= 15 is 0 Å². The highest BCUT2D eigenvalue weighted by atomic mass is 32.1. The van der Waals surface area contributed by atoms with Crippen LogP contribution in [0.4, 0.5) is 0 Å². The third-order valence-electron chi connectivity index (χ3n) is 11.4. The van der Waals surface area contributed by atoms with Gasteiger partial charge in [0.15, 0.2) is 5.76 Å². The number of imide groups is 1. The van der Waals surface area contributed by atoms with Gasteiger partial charge in [-0.05, 0) is 80.5 Å². The molecule has 45 heavy (non-hydrogen) atoms. The molecule has 0 radical (unpaired) electrons. The first-order valence-corrected chi connectivity index (χ1v) is 19.7. The topological polar surface area (TPSA) is 50.5 Å². The van der Waals surface area contributed by atoms with E-state index in [1.165, 1.54) is 89.3 Å². The molecule has 1 fully saturated rings. The summed E-state index contributed by atoms with van der Waals surface area (Å²) in [6.45, 7) is 13.7. The Balaban J connectivity index is 1.44. The standard InChI is InChI=1S/C39H53NO3S2/c1-7-11-16-26(9-3)22-39(28-18-14-13-15-19-28)29-20-24(5)44-35(29)36-30(39)21-31(45-36)34-33-32(25(6)43-34)37(41)40(38(33)42)23-27(10-4)17-12-8-2/h20-21,26-28H,7-19,22-23H2,1-6H3. The Kier molecular flexibility index (Phi) is 9.83. The number of nitrogens with zero attached hydrogens (tertiary/aromatic N) is 1. The second kappa shape index (κ2) is 13.5. The summed E-state index contributed by atoms with van der Waals surface area (Å²) in [4.78, 5) is 34.5. The first kappa shape index (κ1) is 32.7. The molecular weight excluding hydrogens is 595 g/mol. The van der Waals surface area contributed by atoms with Gasteiger partial charge in [-0.2, -0.15) is 0 Å². The van der Waals surface area contributed by atoms with Crippen LogP contribution in [-0.2, 0) is 5.41 Å². The maximum Gasteiger partial charge on any atom is 0.265 e. The molecule has 3 unspecified atom stereocenters. The van der Waals surface area contributed by atoms with E-state index in [0.717, 1.165) is 30.6 Å². The normalized spacial score (nSPS) is 21.0. The van der Waals surface area contributed by atoms with Gasteiger partial charge >= 0.3 is 0 Å². The van der Waals surface area contributed by atoms with Crippen LogP contribution in [0.1, 0.15) is 160 Å². The van der Waals surface area contributed by atoms with Gasteiger partial charge in [-0.15, -0.1) is 22.7 Å². The van der Waals surface area contributed by atoms with E-state index in [1.54, 1.807) is 16.9 Å². The number of carbonyl (C=O) groups is 2. The van der Waals surface area contributed by atoms with Crippen LogP contribution >= 0.6 is 22.7 Å². The molecule has 3 aliphatic rings. The first-order chi connectivity index (χ1) is 21.8.